The van der Waals surface area contributed by atoms with Gasteiger partial charge < -0.3 is 0 Å². The van der Waals surface area contributed by atoms with Gasteiger partial charge in [0.05, 0.1) is 10.5 Å². The minimum atomic E-state index is -0.0892. The normalized spacial score (nSPS) is 20.2. The lowest BCUT2D eigenvalue weighted by atomic mass is 9.99. The van der Waals surface area contributed by atoms with E-state index in [0.717, 1.165) is 5.56 Å². The number of hydrogen-bond donors (Lipinski definition) is 0. The molecule has 68 valence electrons. The van der Waals surface area contributed by atoms with Crippen LogP contribution < -0.4 is 0 Å². The van der Waals surface area contributed by atoms with Gasteiger partial charge in [0.1, 0.15) is 0 Å². The first-order valence-corrected chi connectivity index (χ1v) is 4.43. The summed E-state index contributed by atoms with van der Waals surface area (Å²) < 4.78 is 0. The maximum absolute atomic E-state index is 11.3. The molecule has 1 atom stereocenters. The molecule has 0 N–H and O–H groups in total. The molecular formula is C10H12NO2+. The van der Waals surface area contributed by atoms with Gasteiger partial charge in [-0.1, -0.05) is 26.0 Å². The molecule has 2 rings (SSSR count). The second kappa shape index (κ2) is 2.83. The Balaban J connectivity index is 2.47. The zero-order valence-corrected chi connectivity index (χ0v) is 7.73. The molecule has 0 bridgehead atoms. The van der Waals surface area contributed by atoms with E-state index in [0.29, 0.717) is 16.5 Å². The lowest BCUT2D eigenvalue weighted by Crippen LogP contribution is -2.06. The molecule has 0 saturated carbocycles. The molecule has 1 aliphatic heterocycles. The molecule has 0 saturated heterocycles. The molecule has 3 heteroatoms. The number of hydrogen-bond acceptors (Lipinski definition) is 2. The molecule has 1 aliphatic rings. The van der Waals surface area contributed by atoms with E-state index in [1.165, 1.54) is 0 Å². The lowest BCUT2D eigenvalue weighted by molar-refractivity contribution is -0.747. The summed E-state index contributed by atoms with van der Waals surface area (Å²) in [6.07, 6.45) is -0.0892. The molecule has 3 nitrogen and oxygen atoms in total. The Labute approximate surface area is 76.9 Å². The second-order valence-corrected chi connectivity index (χ2v) is 3.59. The average Bonchev–Trinajstić information content (AvgIpc) is 2.45. The predicted molar refractivity (Wildman–Crippen MR) is 48.4 cm³/mol. The number of fused-ring (bicyclic) bond motifs is 1. The highest BCUT2D eigenvalue weighted by Crippen LogP contribution is 2.39. The molecule has 1 unspecified atom stereocenters. The van der Waals surface area contributed by atoms with Crippen LogP contribution in [0, 0.1) is 10.8 Å². The lowest BCUT2D eigenvalue weighted by Gasteiger charge is -2.06. The van der Waals surface area contributed by atoms with Gasteiger partial charge in [-0.05, 0) is 6.07 Å². The third-order valence-electron chi connectivity index (χ3n) is 2.25. The third-order valence-corrected chi connectivity index (χ3v) is 2.25. The van der Waals surface area contributed by atoms with Crippen LogP contribution >= 0.6 is 0 Å². The van der Waals surface area contributed by atoms with Gasteiger partial charge in [-0.2, -0.15) is 0 Å². The van der Waals surface area contributed by atoms with Crippen LogP contribution in [0.1, 0.15) is 25.5 Å². The molecule has 0 fully saturated rings. The van der Waals surface area contributed by atoms with Crippen molar-refractivity contribution in [2.75, 3.05) is 0 Å². The first-order valence-electron chi connectivity index (χ1n) is 4.43. The molecule has 1 heterocycles. The van der Waals surface area contributed by atoms with Gasteiger partial charge >= 0.3 is 5.69 Å². The number of para-hydroxylation sites is 1. The Hall–Kier alpha value is -1.38. The molecule has 0 amide bonds. The number of rotatable bonds is 1. The van der Waals surface area contributed by atoms with Crippen LogP contribution in [0.5, 0.6) is 0 Å². The standard InChI is InChI=1S/C10H12NO2/c1-7(2)10-8-5-3-4-6-9(8)11(12)13-10/h3-7,10H,1-2H3/q+1. The first kappa shape index (κ1) is 8.23. The zero-order valence-electron chi connectivity index (χ0n) is 7.73. The maximum atomic E-state index is 11.3. The summed E-state index contributed by atoms with van der Waals surface area (Å²) in [5.41, 5.74) is 1.63. The van der Waals surface area contributed by atoms with Crippen molar-refractivity contribution in [1.82, 2.24) is 0 Å². The summed E-state index contributed by atoms with van der Waals surface area (Å²) >= 11 is 0. The highest BCUT2D eigenvalue weighted by molar-refractivity contribution is 5.42. The van der Waals surface area contributed by atoms with Crippen molar-refractivity contribution >= 4 is 5.69 Å². The van der Waals surface area contributed by atoms with E-state index in [1.807, 2.05) is 32.0 Å². The van der Waals surface area contributed by atoms with Gasteiger partial charge in [0.25, 0.3) is 4.92 Å². The van der Waals surface area contributed by atoms with Gasteiger partial charge in [-0.25, -0.2) is 4.84 Å². The van der Waals surface area contributed by atoms with Crippen molar-refractivity contribution in [3.05, 3.63) is 34.7 Å². The first-order chi connectivity index (χ1) is 6.20. The van der Waals surface area contributed by atoms with E-state index in [4.69, 9.17) is 4.84 Å². The zero-order chi connectivity index (χ0) is 9.42. The Morgan fingerprint density at radius 1 is 1.38 bits per heavy atom. The third kappa shape index (κ3) is 1.20. The molecule has 0 spiro atoms. The van der Waals surface area contributed by atoms with Crippen molar-refractivity contribution in [2.24, 2.45) is 5.92 Å². The van der Waals surface area contributed by atoms with Crippen molar-refractivity contribution in [3.8, 4) is 0 Å². The Morgan fingerprint density at radius 2 is 2.08 bits per heavy atom. The van der Waals surface area contributed by atoms with Crippen LogP contribution in [0.15, 0.2) is 24.3 Å². The van der Waals surface area contributed by atoms with Crippen LogP contribution in [0.2, 0.25) is 0 Å². The monoisotopic (exact) mass is 178 g/mol. The summed E-state index contributed by atoms with van der Waals surface area (Å²) in [5.74, 6) is 0.320. The summed E-state index contributed by atoms with van der Waals surface area (Å²) in [6.45, 7) is 4.08. The second-order valence-electron chi connectivity index (χ2n) is 3.59. The largest absolute Gasteiger partial charge is 0.323 e. The quantitative estimate of drug-likeness (QED) is 0.661. The van der Waals surface area contributed by atoms with Crippen LogP contribution in [-0.4, -0.2) is 4.92 Å². The van der Waals surface area contributed by atoms with E-state index < -0.39 is 0 Å². The van der Waals surface area contributed by atoms with Crippen LogP contribution in [-0.2, 0) is 4.84 Å². The summed E-state index contributed by atoms with van der Waals surface area (Å²) in [4.78, 5) is 17.1. The van der Waals surface area contributed by atoms with Crippen molar-refractivity contribution in [1.29, 1.82) is 0 Å². The van der Waals surface area contributed by atoms with Gasteiger partial charge in [0, 0.05) is 12.0 Å². The molecule has 13 heavy (non-hydrogen) atoms. The summed E-state index contributed by atoms with van der Waals surface area (Å²) in [6, 6.07) is 7.50. The fourth-order valence-corrected chi connectivity index (χ4v) is 1.59. The summed E-state index contributed by atoms with van der Waals surface area (Å²) in [5, 5.41) is 0. The van der Waals surface area contributed by atoms with E-state index >= 15 is 0 Å². The van der Waals surface area contributed by atoms with Gasteiger partial charge in [-0.15, -0.1) is 0 Å². The summed E-state index contributed by atoms with van der Waals surface area (Å²) in [7, 11) is 0. The minimum Gasteiger partial charge on any atom is -0.218 e. The van der Waals surface area contributed by atoms with E-state index in [2.05, 4.69) is 0 Å². The molecule has 0 aliphatic carbocycles. The SMILES string of the molecule is CC(C)C1O[N+](=O)c2ccccc21. The fraction of sp³-hybridized carbons (Fsp3) is 0.400. The van der Waals surface area contributed by atoms with Gasteiger partial charge in [-0.3, -0.25) is 0 Å². The van der Waals surface area contributed by atoms with Crippen LogP contribution in [0.4, 0.5) is 5.69 Å². The minimum absolute atomic E-state index is 0.0892. The van der Waals surface area contributed by atoms with Crippen LogP contribution in [0.25, 0.3) is 0 Å². The average molecular weight is 178 g/mol. The van der Waals surface area contributed by atoms with E-state index in [1.54, 1.807) is 6.07 Å². The van der Waals surface area contributed by atoms with E-state index in [9.17, 15) is 4.91 Å². The predicted octanol–water partition coefficient (Wildman–Crippen LogP) is 2.74. The van der Waals surface area contributed by atoms with Crippen molar-refractivity contribution in [3.63, 3.8) is 0 Å². The van der Waals surface area contributed by atoms with Crippen molar-refractivity contribution in [2.45, 2.75) is 20.0 Å². The van der Waals surface area contributed by atoms with Gasteiger partial charge in [0.15, 0.2) is 0 Å². The molecular weight excluding hydrogens is 166 g/mol. The smallest absolute Gasteiger partial charge is 0.218 e. The highest BCUT2D eigenvalue weighted by Gasteiger charge is 2.40. The maximum Gasteiger partial charge on any atom is 0.323 e. The molecule has 1 aromatic rings. The highest BCUT2D eigenvalue weighted by atomic mass is 16.8. The molecule has 1 aromatic carbocycles. The van der Waals surface area contributed by atoms with Gasteiger partial charge in [0.2, 0.25) is 6.10 Å². The van der Waals surface area contributed by atoms with E-state index in [-0.39, 0.29) is 6.10 Å². The Kier molecular flexibility index (Phi) is 1.79. The molecule has 0 aromatic heterocycles. The molecule has 0 radical (unpaired) electrons. The van der Waals surface area contributed by atoms with Crippen molar-refractivity contribution < 1.29 is 9.76 Å². The number of nitrogens with zero attached hydrogens (tertiary/aromatic N) is 1. The topological polar surface area (TPSA) is 29.3 Å². The Bertz CT molecular complexity index is 347. The fourth-order valence-electron chi connectivity index (χ4n) is 1.59. The van der Waals surface area contributed by atoms with Crippen LogP contribution in [0.3, 0.4) is 0 Å². The Morgan fingerprint density at radius 3 is 2.77 bits per heavy atom. The number of benzene rings is 1.